The minimum Gasteiger partial charge on any atom is -0.435 e. The zero-order chi connectivity index (χ0) is 16.2. The van der Waals surface area contributed by atoms with Crippen LogP contribution in [0.1, 0.15) is 16.8 Å². The van der Waals surface area contributed by atoms with Gasteiger partial charge in [0, 0.05) is 44.3 Å². The predicted molar refractivity (Wildman–Crippen MR) is 81.8 cm³/mol. The molecule has 0 unspecified atom stereocenters. The van der Waals surface area contributed by atoms with Gasteiger partial charge < -0.3 is 15.0 Å². The maximum Gasteiger partial charge on any atom is 0.387 e. The smallest absolute Gasteiger partial charge is 0.387 e. The van der Waals surface area contributed by atoms with Crippen LogP contribution >= 0.6 is 0 Å². The maximum atomic E-state index is 12.5. The minimum absolute atomic E-state index is 0.0576. The molecule has 3 rings (SSSR count). The molecule has 0 saturated carbocycles. The molecule has 2 aliphatic heterocycles. The van der Waals surface area contributed by atoms with Gasteiger partial charge in [-0.15, -0.1) is 0 Å². The van der Waals surface area contributed by atoms with E-state index in [0.29, 0.717) is 24.7 Å². The highest BCUT2D eigenvalue weighted by molar-refractivity contribution is 5.94. The van der Waals surface area contributed by atoms with E-state index in [4.69, 9.17) is 0 Å². The third-order valence-corrected chi connectivity index (χ3v) is 4.48. The zero-order valence-corrected chi connectivity index (χ0v) is 12.9. The fraction of sp³-hybridized carbons (Fsp3) is 0.562. The monoisotopic (exact) mass is 325 g/mol. The Balaban J connectivity index is 1.54. The summed E-state index contributed by atoms with van der Waals surface area (Å²) in [5.41, 5.74) is 0.502. The number of amides is 1. The SMILES string of the molecule is O=C(c1ccc(OC(F)F)cc1)N1CCN([C@@H]2CCNC2)CC1. The third kappa shape index (κ3) is 3.97. The average Bonchev–Trinajstić information content (AvgIpc) is 3.09. The first-order valence-corrected chi connectivity index (χ1v) is 7.92. The van der Waals surface area contributed by atoms with Crippen LogP contribution in [0.15, 0.2) is 24.3 Å². The van der Waals surface area contributed by atoms with E-state index in [0.717, 1.165) is 26.2 Å². The highest BCUT2D eigenvalue weighted by Crippen LogP contribution is 2.18. The van der Waals surface area contributed by atoms with Crippen molar-refractivity contribution in [2.45, 2.75) is 19.1 Å². The van der Waals surface area contributed by atoms with Crippen molar-refractivity contribution >= 4 is 5.91 Å². The van der Waals surface area contributed by atoms with Crippen molar-refractivity contribution in [2.24, 2.45) is 0 Å². The molecule has 23 heavy (non-hydrogen) atoms. The van der Waals surface area contributed by atoms with E-state index in [1.807, 2.05) is 4.90 Å². The van der Waals surface area contributed by atoms with Crippen LogP contribution in [0.25, 0.3) is 0 Å². The van der Waals surface area contributed by atoms with Gasteiger partial charge in [-0.1, -0.05) is 0 Å². The summed E-state index contributed by atoms with van der Waals surface area (Å²) in [4.78, 5) is 16.7. The topological polar surface area (TPSA) is 44.8 Å². The van der Waals surface area contributed by atoms with Gasteiger partial charge in [0.15, 0.2) is 0 Å². The first kappa shape index (κ1) is 16.1. The minimum atomic E-state index is -2.85. The lowest BCUT2D eigenvalue weighted by Crippen LogP contribution is -2.52. The van der Waals surface area contributed by atoms with Crippen molar-refractivity contribution in [3.63, 3.8) is 0 Å². The Bertz CT molecular complexity index is 525. The molecule has 0 radical (unpaired) electrons. The number of alkyl halides is 2. The van der Waals surface area contributed by atoms with Crippen molar-refractivity contribution in [3.8, 4) is 5.75 Å². The molecule has 2 fully saturated rings. The normalized spacial score (nSPS) is 22.6. The van der Waals surface area contributed by atoms with Gasteiger partial charge in [0.25, 0.3) is 5.91 Å². The molecular weight excluding hydrogens is 304 g/mol. The molecule has 2 aliphatic rings. The highest BCUT2D eigenvalue weighted by atomic mass is 19.3. The van der Waals surface area contributed by atoms with E-state index in [1.54, 1.807) is 0 Å². The Labute approximate surface area is 134 Å². The third-order valence-electron chi connectivity index (χ3n) is 4.48. The first-order chi connectivity index (χ1) is 11.1. The van der Waals surface area contributed by atoms with Crippen LogP contribution < -0.4 is 10.1 Å². The van der Waals surface area contributed by atoms with Crippen molar-refractivity contribution in [2.75, 3.05) is 39.3 Å². The number of nitrogens with zero attached hydrogens (tertiary/aromatic N) is 2. The van der Waals surface area contributed by atoms with E-state index in [9.17, 15) is 13.6 Å². The lowest BCUT2D eigenvalue weighted by Gasteiger charge is -2.37. The molecule has 0 aromatic heterocycles. The molecule has 1 amide bonds. The molecular formula is C16H21F2N3O2. The van der Waals surface area contributed by atoms with Crippen molar-refractivity contribution in [3.05, 3.63) is 29.8 Å². The van der Waals surface area contributed by atoms with Crippen LogP contribution in [-0.4, -0.2) is 67.6 Å². The van der Waals surface area contributed by atoms with Crippen molar-refractivity contribution < 1.29 is 18.3 Å². The standard InChI is InChI=1S/C16H21F2N3O2/c17-16(18)23-14-3-1-12(2-4-14)15(22)21-9-7-20(8-10-21)13-5-6-19-11-13/h1-4,13,16,19H,5-11H2/t13-/m1/s1. The van der Waals surface area contributed by atoms with Gasteiger partial charge in [-0.25, -0.2) is 0 Å². The second kappa shape index (κ2) is 7.23. The number of ether oxygens (including phenoxy) is 1. The van der Waals surface area contributed by atoms with Crippen LogP contribution in [-0.2, 0) is 0 Å². The lowest BCUT2D eigenvalue weighted by atomic mass is 10.1. The molecule has 0 bridgehead atoms. The molecule has 5 nitrogen and oxygen atoms in total. The van der Waals surface area contributed by atoms with Crippen LogP contribution in [0, 0.1) is 0 Å². The number of carbonyl (C=O) groups excluding carboxylic acids is 1. The summed E-state index contributed by atoms with van der Waals surface area (Å²) in [7, 11) is 0. The van der Waals surface area contributed by atoms with Crippen molar-refractivity contribution in [1.29, 1.82) is 0 Å². The molecule has 1 aromatic carbocycles. The number of carbonyl (C=O) groups is 1. The van der Waals surface area contributed by atoms with Crippen LogP contribution in [0.4, 0.5) is 8.78 Å². The van der Waals surface area contributed by atoms with Gasteiger partial charge >= 0.3 is 6.61 Å². The Morgan fingerprint density at radius 3 is 2.43 bits per heavy atom. The van der Waals surface area contributed by atoms with E-state index in [1.165, 1.54) is 30.7 Å². The maximum absolute atomic E-state index is 12.5. The van der Waals surface area contributed by atoms with Gasteiger partial charge in [-0.2, -0.15) is 8.78 Å². The van der Waals surface area contributed by atoms with Crippen LogP contribution in [0.5, 0.6) is 5.75 Å². The zero-order valence-electron chi connectivity index (χ0n) is 12.9. The van der Waals surface area contributed by atoms with E-state index in [2.05, 4.69) is 15.0 Å². The van der Waals surface area contributed by atoms with E-state index in [-0.39, 0.29) is 11.7 Å². The largest absolute Gasteiger partial charge is 0.435 e. The number of hydrogen-bond acceptors (Lipinski definition) is 4. The number of hydrogen-bond donors (Lipinski definition) is 1. The second-order valence-electron chi connectivity index (χ2n) is 5.88. The first-order valence-electron chi connectivity index (χ1n) is 7.92. The highest BCUT2D eigenvalue weighted by Gasteiger charge is 2.28. The summed E-state index contributed by atoms with van der Waals surface area (Å²) in [6.07, 6.45) is 1.17. The summed E-state index contributed by atoms with van der Waals surface area (Å²) in [5, 5.41) is 3.36. The molecule has 2 heterocycles. The Morgan fingerprint density at radius 2 is 1.87 bits per heavy atom. The summed E-state index contributed by atoms with van der Waals surface area (Å²) in [5.74, 6) is 0.00731. The number of rotatable bonds is 4. The molecule has 1 N–H and O–H groups in total. The Kier molecular flexibility index (Phi) is 5.07. The van der Waals surface area contributed by atoms with Crippen LogP contribution in [0.2, 0.25) is 0 Å². The fourth-order valence-corrected chi connectivity index (χ4v) is 3.20. The Hall–Kier alpha value is -1.73. The quantitative estimate of drug-likeness (QED) is 0.909. The molecule has 0 spiro atoms. The van der Waals surface area contributed by atoms with Gasteiger partial charge in [0.05, 0.1) is 0 Å². The second-order valence-corrected chi connectivity index (χ2v) is 5.88. The molecule has 0 aliphatic carbocycles. The molecule has 1 aromatic rings. The Morgan fingerprint density at radius 1 is 1.17 bits per heavy atom. The number of benzene rings is 1. The molecule has 126 valence electrons. The van der Waals surface area contributed by atoms with Crippen molar-refractivity contribution in [1.82, 2.24) is 15.1 Å². The predicted octanol–water partition coefficient (Wildman–Crippen LogP) is 1.41. The lowest BCUT2D eigenvalue weighted by molar-refractivity contribution is -0.0498. The fourth-order valence-electron chi connectivity index (χ4n) is 3.20. The molecule has 2 saturated heterocycles. The summed E-state index contributed by atoms with van der Waals surface area (Å²) < 4.78 is 28.6. The number of piperazine rings is 1. The van der Waals surface area contributed by atoms with E-state index >= 15 is 0 Å². The van der Waals surface area contributed by atoms with Gasteiger partial charge in [0.1, 0.15) is 5.75 Å². The average molecular weight is 325 g/mol. The summed E-state index contributed by atoms with van der Waals surface area (Å²) >= 11 is 0. The number of halogens is 2. The molecule has 7 heteroatoms. The summed E-state index contributed by atoms with van der Waals surface area (Å²) in [6, 6.07) is 6.46. The van der Waals surface area contributed by atoms with Gasteiger partial charge in [-0.3, -0.25) is 9.69 Å². The number of nitrogens with one attached hydrogen (secondary N) is 1. The summed E-state index contributed by atoms with van der Waals surface area (Å²) in [6.45, 7) is 2.40. The molecule has 1 atom stereocenters. The van der Waals surface area contributed by atoms with Gasteiger partial charge in [-0.05, 0) is 37.2 Å². The van der Waals surface area contributed by atoms with E-state index < -0.39 is 6.61 Å². The van der Waals surface area contributed by atoms with Gasteiger partial charge in [0.2, 0.25) is 0 Å². The van der Waals surface area contributed by atoms with Crippen LogP contribution in [0.3, 0.4) is 0 Å².